The predicted molar refractivity (Wildman–Crippen MR) is 55.4 cm³/mol. The summed E-state index contributed by atoms with van der Waals surface area (Å²) in [6.07, 6.45) is 1.53. The second kappa shape index (κ2) is 3.72. The molecule has 0 aromatic rings. The van der Waals surface area contributed by atoms with E-state index >= 15 is 0 Å². The number of rotatable bonds is 1. The quantitative estimate of drug-likeness (QED) is 0.616. The second-order valence-electron chi connectivity index (χ2n) is 3.56. The van der Waals surface area contributed by atoms with E-state index in [0.29, 0.717) is 0 Å². The molecule has 82 valence electrons. The normalized spacial score (nSPS) is 20.3. The van der Waals surface area contributed by atoms with Crippen molar-refractivity contribution in [3.8, 4) is 0 Å². The van der Waals surface area contributed by atoms with Gasteiger partial charge in [-0.2, -0.15) is 0 Å². The van der Waals surface area contributed by atoms with Crippen LogP contribution in [-0.4, -0.2) is 60.7 Å². The number of nitrogens with one attached hydrogen (secondary N) is 1. The number of hydrogen-bond acceptors (Lipinski definition) is 4. The highest BCUT2D eigenvalue weighted by molar-refractivity contribution is 6.29. The third-order valence-corrected chi connectivity index (χ3v) is 2.09. The van der Waals surface area contributed by atoms with E-state index in [4.69, 9.17) is 5.41 Å². The lowest BCUT2D eigenvalue weighted by Crippen LogP contribution is -2.53. The van der Waals surface area contributed by atoms with Gasteiger partial charge in [0.25, 0.3) is 5.91 Å². The van der Waals surface area contributed by atoms with E-state index in [1.807, 2.05) is 0 Å². The Labute approximate surface area is 88.3 Å². The van der Waals surface area contributed by atoms with Crippen LogP contribution in [0.15, 0.2) is 11.8 Å². The minimum Gasteiger partial charge on any atom is -0.383 e. The molecule has 1 rings (SSSR count). The lowest BCUT2D eigenvalue weighted by Gasteiger charge is -2.31. The first-order valence-corrected chi connectivity index (χ1v) is 4.39. The molecule has 0 aromatic heterocycles. The Morgan fingerprint density at radius 2 is 1.73 bits per heavy atom. The van der Waals surface area contributed by atoms with Crippen molar-refractivity contribution in [3.63, 3.8) is 0 Å². The van der Waals surface area contributed by atoms with Gasteiger partial charge in [-0.15, -0.1) is 0 Å². The molecule has 1 saturated heterocycles. The van der Waals surface area contributed by atoms with Crippen molar-refractivity contribution >= 4 is 17.8 Å². The number of carbonyl (C=O) groups is 2. The largest absolute Gasteiger partial charge is 0.383 e. The van der Waals surface area contributed by atoms with Crippen LogP contribution in [0.5, 0.6) is 0 Å². The lowest BCUT2D eigenvalue weighted by atomic mass is 10.1. The molecule has 0 aliphatic carbocycles. The molecule has 1 heterocycles. The van der Waals surface area contributed by atoms with Crippen molar-refractivity contribution < 1.29 is 9.59 Å². The molecule has 0 bridgehead atoms. The molecule has 1 N–H and O–H groups in total. The van der Waals surface area contributed by atoms with Crippen molar-refractivity contribution in [3.05, 3.63) is 11.8 Å². The van der Waals surface area contributed by atoms with E-state index in [0.717, 1.165) is 9.80 Å². The number of likely N-dealkylation sites (N-methyl/N-ethyl adjacent to an activating group) is 2. The van der Waals surface area contributed by atoms with Crippen LogP contribution < -0.4 is 0 Å². The highest BCUT2D eigenvalue weighted by atomic mass is 16.2. The molecule has 0 atom stereocenters. The van der Waals surface area contributed by atoms with Crippen molar-refractivity contribution in [2.24, 2.45) is 0 Å². The van der Waals surface area contributed by atoms with Gasteiger partial charge in [0.2, 0.25) is 0 Å². The van der Waals surface area contributed by atoms with Gasteiger partial charge in [0.05, 0.1) is 5.57 Å². The molecule has 0 unspecified atom stereocenters. The van der Waals surface area contributed by atoms with E-state index in [1.165, 1.54) is 20.3 Å². The average molecular weight is 210 g/mol. The molecule has 0 spiro atoms. The Balaban J connectivity index is 3.14. The van der Waals surface area contributed by atoms with Crippen LogP contribution in [0.4, 0.5) is 4.79 Å². The Bertz CT molecular complexity index is 333. The number of carbonyl (C=O) groups excluding carboxylic acids is 2. The summed E-state index contributed by atoms with van der Waals surface area (Å²) >= 11 is 0. The van der Waals surface area contributed by atoms with Crippen LogP contribution in [0.25, 0.3) is 0 Å². The van der Waals surface area contributed by atoms with E-state index in [1.54, 1.807) is 19.0 Å². The Kier molecular flexibility index (Phi) is 2.78. The summed E-state index contributed by atoms with van der Waals surface area (Å²) in [6.45, 7) is 0. The monoisotopic (exact) mass is 210 g/mol. The predicted octanol–water partition coefficient (Wildman–Crippen LogP) is -0.0670. The molecule has 6 nitrogen and oxygen atoms in total. The summed E-state index contributed by atoms with van der Waals surface area (Å²) in [5.41, 5.74) is 0.213. The molecule has 1 aliphatic rings. The lowest BCUT2D eigenvalue weighted by molar-refractivity contribution is -0.123. The van der Waals surface area contributed by atoms with Crippen LogP contribution in [0.2, 0.25) is 0 Å². The summed E-state index contributed by atoms with van der Waals surface area (Å²) in [5.74, 6) is -0.520. The van der Waals surface area contributed by atoms with Crippen LogP contribution >= 0.6 is 0 Å². The van der Waals surface area contributed by atoms with Gasteiger partial charge in [0, 0.05) is 34.4 Å². The number of hydrogen-bond donors (Lipinski definition) is 1. The first kappa shape index (κ1) is 11.2. The molecule has 1 fully saturated rings. The molecule has 6 heteroatoms. The van der Waals surface area contributed by atoms with Crippen molar-refractivity contribution in [1.82, 2.24) is 14.7 Å². The maximum absolute atomic E-state index is 11.7. The van der Waals surface area contributed by atoms with Gasteiger partial charge < -0.3 is 4.90 Å². The third-order valence-electron chi connectivity index (χ3n) is 2.09. The topological polar surface area (TPSA) is 67.7 Å². The number of imide groups is 1. The van der Waals surface area contributed by atoms with Gasteiger partial charge in [-0.05, 0) is 0 Å². The summed E-state index contributed by atoms with van der Waals surface area (Å²) < 4.78 is 0. The Morgan fingerprint density at radius 3 is 2.20 bits per heavy atom. The molecule has 0 radical (unpaired) electrons. The van der Waals surface area contributed by atoms with Crippen LogP contribution in [0, 0.1) is 5.41 Å². The number of amidine groups is 1. The van der Waals surface area contributed by atoms with Gasteiger partial charge in [-0.25, -0.2) is 4.79 Å². The zero-order valence-electron chi connectivity index (χ0n) is 9.24. The fourth-order valence-corrected chi connectivity index (χ4v) is 1.24. The minimum absolute atomic E-state index is 0.0724. The fourth-order valence-electron chi connectivity index (χ4n) is 1.24. The molecular formula is C9H14N4O2. The number of urea groups is 1. The molecule has 0 aromatic carbocycles. The van der Waals surface area contributed by atoms with E-state index < -0.39 is 11.9 Å². The van der Waals surface area contributed by atoms with Gasteiger partial charge in [-0.1, -0.05) is 0 Å². The van der Waals surface area contributed by atoms with Gasteiger partial charge in [-0.3, -0.25) is 20.0 Å². The number of amides is 3. The SMILES string of the molecule is CN(C)/C=C1/C(=N)N(C)C(=O)N(C)C1=O. The fraction of sp³-hybridized carbons (Fsp3) is 0.444. The first-order valence-electron chi connectivity index (χ1n) is 4.39. The summed E-state index contributed by atoms with van der Waals surface area (Å²) in [7, 11) is 6.38. The molecule has 3 amide bonds. The summed E-state index contributed by atoms with van der Waals surface area (Å²) in [5, 5.41) is 7.66. The van der Waals surface area contributed by atoms with E-state index in [2.05, 4.69) is 0 Å². The Hall–Kier alpha value is -1.85. The average Bonchev–Trinajstić information content (AvgIpc) is 2.18. The second-order valence-corrected chi connectivity index (χ2v) is 3.56. The van der Waals surface area contributed by atoms with Gasteiger partial charge in [0.15, 0.2) is 0 Å². The zero-order valence-corrected chi connectivity index (χ0v) is 9.24. The van der Waals surface area contributed by atoms with Crippen LogP contribution in [0.1, 0.15) is 0 Å². The first-order chi connectivity index (χ1) is 6.86. The van der Waals surface area contributed by atoms with Crippen LogP contribution in [-0.2, 0) is 4.79 Å². The molecule has 1 aliphatic heterocycles. The highest BCUT2D eigenvalue weighted by Crippen LogP contribution is 2.14. The van der Waals surface area contributed by atoms with Crippen molar-refractivity contribution in [1.29, 1.82) is 5.41 Å². The summed E-state index contributed by atoms with van der Waals surface area (Å²) in [4.78, 5) is 26.9. The zero-order chi connectivity index (χ0) is 11.7. The molecule has 15 heavy (non-hydrogen) atoms. The maximum atomic E-state index is 11.7. The molecular weight excluding hydrogens is 196 g/mol. The highest BCUT2D eigenvalue weighted by Gasteiger charge is 2.35. The van der Waals surface area contributed by atoms with Gasteiger partial charge >= 0.3 is 6.03 Å². The van der Waals surface area contributed by atoms with E-state index in [9.17, 15) is 9.59 Å². The number of nitrogens with zero attached hydrogens (tertiary/aromatic N) is 3. The Morgan fingerprint density at radius 1 is 1.20 bits per heavy atom. The smallest absolute Gasteiger partial charge is 0.332 e. The van der Waals surface area contributed by atoms with Gasteiger partial charge in [0.1, 0.15) is 5.84 Å². The third kappa shape index (κ3) is 1.83. The molecule has 0 saturated carbocycles. The van der Waals surface area contributed by atoms with Crippen LogP contribution in [0.3, 0.4) is 0 Å². The van der Waals surface area contributed by atoms with E-state index in [-0.39, 0.29) is 11.4 Å². The summed E-state index contributed by atoms with van der Waals surface area (Å²) in [6, 6.07) is -0.485. The van der Waals surface area contributed by atoms with Crippen molar-refractivity contribution in [2.45, 2.75) is 0 Å². The maximum Gasteiger partial charge on any atom is 0.332 e. The standard InChI is InChI=1S/C9H14N4O2/c1-11(2)5-6-7(10)12(3)9(15)13(4)8(6)14/h5,10H,1-4H3/b6-5-,10-7?. The minimum atomic E-state index is -0.485. The van der Waals surface area contributed by atoms with Crippen molar-refractivity contribution in [2.75, 3.05) is 28.2 Å².